The van der Waals surface area contributed by atoms with Crippen molar-refractivity contribution in [2.75, 3.05) is 12.4 Å². The van der Waals surface area contributed by atoms with Gasteiger partial charge in [-0.25, -0.2) is 0 Å². The van der Waals surface area contributed by atoms with Crippen molar-refractivity contribution in [1.82, 2.24) is 0 Å². The van der Waals surface area contributed by atoms with Crippen LogP contribution in [0.1, 0.15) is 24.8 Å². The quantitative estimate of drug-likeness (QED) is 0.841. The first-order chi connectivity index (χ1) is 8.93. The summed E-state index contributed by atoms with van der Waals surface area (Å²) in [5.41, 5.74) is 1.49. The maximum Gasteiger partial charge on any atom is 0.303 e. The Balaban J connectivity index is 2.71. The molecule has 0 spiro atoms. The number of aryl methyl sites for hydroxylation is 1. The highest BCUT2D eigenvalue weighted by Gasteiger charge is 2.12. The van der Waals surface area contributed by atoms with Crippen LogP contribution in [0.3, 0.4) is 0 Å². The van der Waals surface area contributed by atoms with Crippen molar-refractivity contribution >= 4 is 33.5 Å². The third-order valence-corrected chi connectivity index (χ3v) is 3.00. The third-order valence-electron chi connectivity index (χ3n) is 2.54. The van der Waals surface area contributed by atoms with Gasteiger partial charge in [-0.3, -0.25) is 9.59 Å². The number of carbonyl (C=O) groups is 2. The van der Waals surface area contributed by atoms with E-state index in [0.29, 0.717) is 17.9 Å². The molecule has 0 atom stereocenters. The molecule has 19 heavy (non-hydrogen) atoms. The molecule has 0 fully saturated rings. The van der Waals surface area contributed by atoms with E-state index in [0.717, 1.165) is 10.0 Å². The fraction of sp³-hybridized carbons (Fsp3) is 0.385. The summed E-state index contributed by atoms with van der Waals surface area (Å²) in [6.07, 6.45) is 0.480. The molecule has 0 unspecified atom stereocenters. The summed E-state index contributed by atoms with van der Waals surface area (Å²) < 4.78 is 6.08. The molecule has 0 aliphatic rings. The lowest BCUT2D eigenvalue weighted by Crippen LogP contribution is -2.13. The van der Waals surface area contributed by atoms with E-state index in [1.807, 2.05) is 13.0 Å². The third kappa shape index (κ3) is 4.90. The van der Waals surface area contributed by atoms with Crippen LogP contribution in [0.5, 0.6) is 5.75 Å². The molecule has 0 radical (unpaired) electrons. The van der Waals surface area contributed by atoms with Crippen molar-refractivity contribution in [3.63, 3.8) is 0 Å². The monoisotopic (exact) mass is 329 g/mol. The van der Waals surface area contributed by atoms with Crippen LogP contribution in [0, 0.1) is 6.92 Å². The lowest BCUT2D eigenvalue weighted by atomic mass is 10.1. The summed E-state index contributed by atoms with van der Waals surface area (Å²) in [7, 11) is 1.53. The minimum Gasteiger partial charge on any atom is -0.495 e. The predicted molar refractivity (Wildman–Crippen MR) is 75.5 cm³/mol. The largest absolute Gasteiger partial charge is 0.495 e. The molecule has 0 saturated carbocycles. The van der Waals surface area contributed by atoms with Crippen LogP contribution in [-0.4, -0.2) is 24.1 Å². The molecule has 104 valence electrons. The Bertz CT molecular complexity index is 488. The second kappa shape index (κ2) is 7.13. The smallest absolute Gasteiger partial charge is 0.303 e. The summed E-state index contributed by atoms with van der Waals surface area (Å²) in [5, 5.41) is 11.3. The van der Waals surface area contributed by atoms with E-state index in [1.165, 1.54) is 7.11 Å². The van der Waals surface area contributed by atoms with Crippen LogP contribution >= 0.6 is 15.9 Å². The number of halogens is 1. The number of methoxy groups -OCH3 is 1. The number of carboxylic acid groups (broad SMARTS) is 1. The number of amides is 1. The van der Waals surface area contributed by atoms with Gasteiger partial charge >= 0.3 is 5.97 Å². The van der Waals surface area contributed by atoms with Crippen molar-refractivity contribution < 1.29 is 19.4 Å². The highest BCUT2D eigenvalue weighted by molar-refractivity contribution is 9.10. The zero-order valence-corrected chi connectivity index (χ0v) is 12.4. The van der Waals surface area contributed by atoms with Crippen LogP contribution in [0.15, 0.2) is 16.6 Å². The highest BCUT2D eigenvalue weighted by Crippen LogP contribution is 2.32. The topological polar surface area (TPSA) is 75.6 Å². The summed E-state index contributed by atoms with van der Waals surface area (Å²) in [6, 6.07) is 3.63. The maximum absolute atomic E-state index is 11.7. The predicted octanol–water partition coefficient (Wildman–Crippen LogP) is 2.96. The minimum absolute atomic E-state index is 0.0100. The molecule has 0 heterocycles. The van der Waals surface area contributed by atoms with Gasteiger partial charge in [0.25, 0.3) is 0 Å². The van der Waals surface area contributed by atoms with E-state index in [9.17, 15) is 9.59 Å². The fourth-order valence-corrected chi connectivity index (χ4v) is 2.19. The molecule has 1 aromatic rings. The molecule has 2 N–H and O–H groups in total. The second-order valence-electron chi connectivity index (χ2n) is 4.10. The van der Waals surface area contributed by atoms with Crippen LogP contribution in [0.4, 0.5) is 5.69 Å². The Morgan fingerprint density at radius 3 is 2.63 bits per heavy atom. The number of ether oxygens (including phenoxy) is 1. The first kappa shape index (κ1) is 15.5. The number of hydrogen-bond donors (Lipinski definition) is 2. The molecule has 5 nitrogen and oxygen atoms in total. The lowest BCUT2D eigenvalue weighted by molar-refractivity contribution is -0.137. The van der Waals surface area contributed by atoms with Crippen LogP contribution in [0.2, 0.25) is 0 Å². The zero-order chi connectivity index (χ0) is 14.4. The van der Waals surface area contributed by atoms with Gasteiger partial charge in [-0.2, -0.15) is 0 Å². The number of anilines is 1. The molecular formula is C13H16BrNO4. The normalized spacial score (nSPS) is 10.1. The van der Waals surface area contributed by atoms with E-state index in [-0.39, 0.29) is 18.7 Å². The standard InChI is InChI=1S/C13H16BrNO4/c1-8-6-9(14)7-10(19-2)13(8)15-11(16)4-3-5-12(17)18/h6-7H,3-5H2,1-2H3,(H,15,16)(H,17,18). The molecule has 1 amide bonds. The van der Waals surface area contributed by atoms with Gasteiger partial charge in [-0.15, -0.1) is 0 Å². The number of aliphatic carboxylic acids is 1. The summed E-state index contributed by atoms with van der Waals surface area (Å²) >= 11 is 3.35. The van der Waals surface area contributed by atoms with Crippen molar-refractivity contribution in [2.45, 2.75) is 26.2 Å². The number of nitrogens with one attached hydrogen (secondary N) is 1. The van der Waals surface area contributed by atoms with Crippen LogP contribution in [0.25, 0.3) is 0 Å². The molecule has 6 heteroatoms. The van der Waals surface area contributed by atoms with E-state index in [2.05, 4.69) is 21.2 Å². The SMILES string of the molecule is COc1cc(Br)cc(C)c1NC(=O)CCCC(=O)O. The Morgan fingerprint density at radius 1 is 1.37 bits per heavy atom. The van der Waals surface area contributed by atoms with E-state index in [4.69, 9.17) is 9.84 Å². The Morgan fingerprint density at radius 2 is 2.05 bits per heavy atom. The average molecular weight is 330 g/mol. The van der Waals surface area contributed by atoms with E-state index < -0.39 is 5.97 Å². The van der Waals surface area contributed by atoms with Gasteiger partial charge in [0.05, 0.1) is 12.8 Å². The number of benzene rings is 1. The van der Waals surface area contributed by atoms with Gasteiger partial charge in [-0.1, -0.05) is 15.9 Å². The van der Waals surface area contributed by atoms with Gasteiger partial charge < -0.3 is 15.2 Å². The highest BCUT2D eigenvalue weighted by atomic mass is 79.9. The van der Waals surface area contributed by atoms with Crippen molar-refractivity contribution in [3.8, 4) is 5.75 Å². The number of rotatable bonds is 6. The van der Waals surface area contributed by atoms with E-state index in [1.54, 1.807) is 6.07 Å². The van der Waals surface area contributed by atoms with Gasteiger partial charge in [0.1, 0.15) is 5.75 Å². The fourth-order valence-electron chi connectivity index (χ4n) is 1.64. The molecular weight excluding hydrogens is 314 g/mol. The van der Waals surface area contributed by atoms with Crippen LogP contribution < -0.4 is 10.1 Å². The molecule has 0 aliphatic heterocycles. The van der Waals surface area contributed by atoms with Crippen molar-refractivity contribution in [1.29, 1.82) is 0 Å². The Hall–Kier alpha value is -1.56. The van der Waals surface area contributed by atoms with Gasteiger partial charge in [0.2, 0.25) is 5.91 Å². The summed E-state index contributed by atoms with van der Waals surface area (Å²) in [6.45, 7) is 1.86. The minimum atomic E-state index is -0.898. The van der Waals surface area contributed by atoms with Crippen molar-refractivity contribution in [2.24, 2.45) is 0 Å². The zero-order valence-electron chi connectivity index (χ0n) is 10.8. The van der Waals surface area contributed by atoms with Crippen LogP contribution in [-0.2, 0) is 9.59 Å². The summed E-state index contributed by atoms with van der Waals surface area (Å²) in [4.78, 5) is 22.1. The first-order valence-electron chi connectivity index (χ1n) is 5.80. The molecule has 0 bridgehead atoms. The molecule has 1 aromatic carbocycles. The van der Waals surface area contributed by atoms with Crippen molar-refractivity contribution in [3.05, 3.63) is 22.2 Å². The number of carbonyl (C=O) groups excluding carboxylic acids is 1. The second-order valence-corrected chi connectivity index (χ2v) is 5.01. The number of hydrogen-bond acceptors (Lipinski definition) is 3. The maximum atomic E-state index is 11.7. The van der Waals surface area contributed by atoms with Gasteiger partial charge in [-0.05, 0) is 31.0 Å². The van der Waals surface area contributed by atoms with Gasteiger partial charge in [0, 0.05) is 17.3 Å². The first-order valence-corrected chi connectivity index (χ1v) is 6.59. The Kier molecular flexibility index (Phi) is 5.82. The number of carboxylic acids is 1. The average Bonchev–Trinajstić information content (AvgIpc) is 2.31. The van der Waals surface area contributed by atoms with E-state index >= 15 is 0 Å². The summed E-state index contributed by atoms with van der Waals surface area (Å²) in [5.74, 6) is -0.548. The molecule has 0 aromatic heterocycles. The molecule has 1 rings (SSSR count). The molecule has 0 aliphatic carbocycles. The Labute approximate surface area is 120 Å². The lowest BCUT2D eigenvalue weighted by Gasteiger charge is -2.13. The molecule has 0 saturated heterocycles. The van der Waals surface area contributed by atoms with Gasteiger partial charge in [0.15, 0.2) is 0 Å².